The molecule has 4 N–H and O–H groups in total. The lowest BCUT2D eigenvalue weighted by molar-refractivity contribution is 0.0682. The Morgan fingerprint density at radius 1 is 0.735 bits per heavy atom. The van der Waals surface area contributed by atoms with Gasteiger partial charge in [0.25, 0.3) is 11.8 Å². The summed E-state index contributed by atoms with van der Waals surface area (Å²) in [5.74, 6) is 1.14. The smallest absolute Gasteiger partial charge is 0.336 e. The number of hydrogen-bond donors (Lipinski definition) is 4. The number of hydrogen-bond acceptors (Lipinski definition) is 4. The maximum absolute atomic E-state index is 12.8. The molecule has 2 aromatic rings. The molecule has 0 saturated heterocycles. The molecule has 0 spiro atoms. The third kappa shape index (κ3) is 5.43. The van der Waals surface area contributed by atoms with Gasteiger partial charge in [-0.15, -0.1) is 12.8 Å². The fourth-order valence-electron chi connectivity index (χ4n) is 4.00. The Morgan fingerprint density at radius 3 is 1.50 bits per heavy atom. The zero-order valence-corrected chi connectivity index (χ0v) is 18.1. The summed E-state index contributed by atoms with van der Waals surface area (Å²) in [6.07, 6.45) is 13.1. The molecule has 34 heavy (non-hydrogen) atoms. The highest BCUT2D eigenvalue weighted by atomic mass is 16.4. The first-order valence-corrected chi connectivity index (χ1v) is 10.5. The quantitative estimate of drug-likeness (QED) is 0.492. The lowest BCUT2D eigenvalue weighted by Gasteiger charge is -2.30. The standard InChI is InChI=1S/C26H22N2O6/c1-3-15-8-10-19(25(31)32)21(12-15)23(29)27-17-6-5-7-18(14-17)28-24(30)22-13-16(4-2)9-11-20(22)26(33)34/h1-2,8-13,17-18H,5-7,14H2,(H,27,29)(H,28,30)(H,31,32)(H,33,34). The zero-order valence-electron chi connectivity index (χ0n) is 18.1. The molecule has 2 unspecified atom stereocenters. The van der Waals surface area contributed by atoms with E-state index in [1.54, 1.807) is 0 Å². The number of carbonyl (C=O) groups is 4. The molecule has 2 aromatic carbocycles. The third-order valence-corrected chi connectivity index (χ3v) is 5.67. The SMILES string of the molecule is C#Cc1ccc(C(=O)O)c(C(=O)NC2CCCC(NC(=O)c3cc(C#C)ccc3C(=O)O)C2)c1. The lowest BCUT2D eigenvalue weighted by atomic mass is 9.90. The number of terminal acetylenes is 2. The van der Waals surface area contributed by atoms with E-state index in [4.69, 9.17) is 12.8 Å². The summed E-state index contributed by atoms with van der Waals surface area (Å²) in [6, 6.07) is 7.55. The van der Waals surface area contributed by atoms with Crippen LogP contribution in [0.5, 0.6) is 0 Å². The highest BCUT2D eigenvalue weighted by Crippen LogP contribution is 2.21. The second-order valence-electron chi connectivity index (χ2n) is 7.93. The first-order valence-electron chi connectivity index (χ1n) is 10.5. The fraction of sp³-hybridized carbons (Fsp3) is 0.231. The average molecular weight is 458 g/mol. The summed E-state index contributed by atoms with van der Waals surface area (Å²) < 4.78 is 0. The predicted molar refractivity (Wildman–Crippen MR) is 124 cm³/mol. The first-order chi connectivity index (χ1) is 16.2. The van der Waals surface area contributed by atoms with Gasteiger partial charge in [-0.25, -0.2) is 9.59 Å². The maximum atomic E-state index is 12.8. The Bertz CT molecular complexity index is 1160. The summed E-state index contributed by atoms with van der Waals surface area (Å²) in [6.45, 7) is 0. The van der Waals surface area contributed by atoms with Gasteiger partial charge in [0.2, 0.25) is 0 Å². The van der Waals surface area contributed by atoms with E-state index in [0.717, 1.165) is 0 Å². The van der Waals surface area contributed by atoms with Crippen LogP contribution in [0.4, 0.5) is 0 Å². The molecule has 8 nitrogen and oxygen atoms in total. The summed E-state index contributed by atoms with van der Waals surface area (Å²) in [7, 11) is 0. The van der Waals surface area contributed by atoms with Crippen molar-refractivity contribution in [1.82, 2.24) is 10.6 Å². The van der Waals surface area contributed by atoms with Crippen LogP contribution in [-0.4, -0.2) is 46.0 Å². The Labute approximate surface area is 196 Å². The van der Waals surface area contributed by atoms with Gasteiger partial charge in [0.15, 0.2) is 0 Å². The molecule has 1 aliphatic rings. The molecule has 0 radical (unpaired) electrons. The van der Waals surface area contributed by atoms with Gasteiger partial charge < -0.3 is 20.8 Å². The van der Waals surface area contributed by atoms with Crippen molar-refractivity contribution >= 4 is 23.8 Å². The Kier molecular flexibility index (Phi) is 7.35. The van der Waals surface area contributed by atoms with Gasteiger partial charge in [-0.2, -0.15) is 0 Å². The van der Waals surface area contributed by atoms with Crippen LogP contribution in [-0.2, 0) is 0 Å². The Hall–Kier alpha value is -4.56. The minimum Gasteiger partial charge on any atom is -0.478 e. The molecular weight excluding hydrogens is 436 g/mol. The molecule has 3 rings (SSSR count). The van der Waals surface area contributed by atoms with E-state index >= 15 is 0 Å². The Balaban J connectivity index is 1.73. The van der Waals surface area contributed by atoms with E-state index in [9.17, 15) is 29.4 Å². The van der Waals surface area contributed by atoms with Gasteiger partial charge >= 0.3 is 11.9 Å². The normalized spacial score (nSPS) is 17.0. The van der Waals surface area contributed by atoms with Crippen molar-refractivity contribution in [3.63, 3.8) is 0 Å². The van der Waals surface area contributed by atoms with Crippen LogP contribution in [0, 0.1) is 24.7 Å². The number of carbonyl (C=O) groups excluding carboxylic acids is 2. The summed E-state index contributed by atoms with van der Waals surface area (Å²) in [4.78, 5) is 48.7. The molecular formula is C26H22N2O6. The van der Waals surface area contributed by atoms with E-state index in [2.05, 4.69) is 22.5 Å². The number of nitrogens with one attached hydrogen (secondary N) is 2. The molecule has 8 heteroatoms. The van der Waals surface area contributed by atoms with E-state index in [1.807, 2.05) is 0 Å². The zero-order chi connectivity index (χ0) is 24.8. The van der Waals surface area contributed by atoms with E-state index in [0.29, 0.717) is 36.8 Å². The van der Waals surface area contributed by atoms with Crippen LogP contribution in [0.3, 0.4) is 0 Å². The average Bonchev–Trinajstić information content (AvgIpc) is 2.83. The van der Waals surface area contributed by atoms with Crippen molar-refractivity contribution in [1.29, 1.82) is 0 Å². The van der Waals surface area contributed by atoms with Gasteiger partial charge in [-0.1, -0.05) is 11.8 Å². The lowest BCUT2D eigenvalue weighted by Crippen LogP contribution is -2.46. The molecule has 0 aromatic heterocycles. The second kappa shape index (κ2) is 10.4. The molecule has 1 saturated carbocycles. The highest BCUT2D eigenvalue weighted by Gasteiger charge is 2.27. The summed E-state index contributed by atoms with van der Waals surface area (Å²) >= 11 is 0. The van der Waals surface area contributed by atoms with Crippen LogP contribution in [0.1, 0.15) is 78.2 Å². The molecule has 1 aliphatic carbocycles. The number of benzene rings is 2. The van der Waals surface area contributed by atoms with Crippen LogP contribution in [0.15, 0.2) is 36.4 Å². The summed E-state index contributed by atoms with van der Waals surface area (Å²) in [5.41, 5.74) is 0.371. The van der Waals surface area contributed by atoms with Crippen molar-refractivity contribution in [3.05, 3.63) is 69.8 Å². The van der Waals surface area contributed by atoms with Crippen LogP contribution >= 0.6 is 0 Å². The van der Waals surface area contributed by atoms with Gasteiger partial charge in [-0.05, 0) is 62.1 Å². The third-order valence-electron chi connectivity index (χ3n) is 5.67. The van der Waals surface area contributed by atoms with Crippen molar-refractivity contribution in [2.24, 2.45) is 0 Å². The number of carboxylic acids is 2. The number of amides is 2. The fourth-order valence-corrected chi connectivity index (χ4v) is 4.00. The molecule has 172 valence electrons. The summed E-state index contributed by atoms with van der Waals surface area (Å²) in [5, 5.41) is 24.5. The van der Waals surface area contributed by atoms with Crippen LogP contribution < -0.4 is 10.6 Å². The van der Waals surface area contributed by atoms with E-state index in [1.165, 1.54) is 36.4 Å². The molecule has 1 fully saturated rings. The van der Waals surface area contributed by atoms with Crippen molar-refractivity contribution in [2.75, 3.05) is 0 Å². The largest absolute Gasteiger partial charge is 0.478 e. The van der Waals surface area contributed by atoms with Gasteiger partial charge in [0, 0.05) is 23.2 Å². The maximum Gasteiger partial charge on any atom is 0.336 e. The van der Waals surface area contributed by atoms with Gasteiger partial charge in [0.05, 0.1) is 22.3 Å². The minimum absolute atomic E-state index is 0.0358. The van der Waals surface area contributed by atoms with Gasteiger partial charge in [-0.3, -0.25) is 9.59 Å². The minimum atomic E-state index is -1.24. The van der Waals surface area contributed by atoms with Crippen molar-refractivity contribution < 1.29 is 29.4 Å². The second-order valence-corrected chi connectivity index (χ2v) is 7.93. The molecule has 2 atom stereocenters. The Morgan fingerprint density at radius 2 is 1.15 bits per heavy atom. The number of rotatable bonds is 6. The van der Waals surface area contributed by atoms with Crippen molar-refractivity contribution in [3.8, 4) is 24.7 Å². The highest BCUT2D eigenvalue weighted by molar-refractivity contribution is 6.06. The predicted octanol–water partition coefficient (Wildman–Crippen LogP) is 2.52. The van der Waals surface area contributed by atoms with Gasteiger partial charge in [0.1, 0.15) is 0 Å². The van der Waals surface area contributed by atoms with Crippen LogP contribution in [0.25, 0.3) is 0 Å². The number of carboxylic acid groups (broad SMARTS) is 2. The van der Waals surface area contributed by atoms with Crippen LogP contribution in [0.2, 0.25) is 0 Å². The number of aromatic carboxylic acids is 2. The molecule has 2 amide bonds. The van der Waals surface area contributed by atoms with E-state index < -0.39 is 23.8 Å². The molecule has 0 heterocycles. The monoisotopic (exact) mass is 458 g/mol. The topological polar surface area (TPSA) is 133 Å². The van der Waals surface area contributed by atoms with E-state index in [-0.39, 0.29) is 34.3 Å². The first kappa shape index (κ1) is 24.1. The molecule has 0 bridgehead atoms. The molecule has 0 aliphatic heterocycles. The van der Waals surface area contributed by atoms with Crippen molar-refractivity contribution in [2.45, 2.75) is 37.8 Å².